The molecule has 0 heterocycles. The second kappa shape index (κ2) is 6.78. The summed E-state index contributed by atoms with van der Waals surface area (Å²) in [6, 6.07) is 2.16. The Kier molecular flexibility index (Phi) is 6.26. The number of nitriles is 1. The summed E-state index contributed by atoms with van der Waals surface area (Å²) in [5.74, 6) is 0.671. The molecule has 0 aliphatic rings. The van der Waals surface area contributed by atoms with E-state index in [2.05, 4.69) is 30.1 Å². The lowest BCUT2D eigenvalue weighted by Crippen LogP contribution is -1.94. The van der Waals surface area contributed by atoms with Crippen molar-refractivity contribution in [2.24, 2.45) is 22.1 Å². The summed E-state index contributed by atoms with van der Waals surface area (Å²) in [6.45, 7) is 7.59. The third kappa shape index (κ3) is 7.20. The summed E-state index contributed by atoms with van der Waals surface area (Å²) in [6.07, 6.45) is 0.818. The van der Waals surface area contributed by atoms with Crippen molar-refractivity contribution in [1.29, 1.82) is 5.26 Å². The molecule has 0 aliphatic heterocycles. The first kappa shape index (κ1) is 11.1. The van der Waals surface area contributed by atoms with E-state index in [1.54, 1.807) is 0 Å². The first-order valence-corrected chi connectivity index (χ1v) is 4.39. The quantitative estimate of drug-likeness (QED) is 0.580. The lowest BCUT2D eigenvalue weighted by atomic mass is 10.1. The zero-order chi connectivity index (χ0) is 9.40. The van der Waals surface area contributed by atoms with E-state index >= 15 is 0 Å². The van der Waals surface area contributed by atoms with Crippen LogP contribution in [0.1, 0.15) is 27.2 Å². The predicted molar refractivity (Wildman–Crippen MR) is 48.8 cm³/mol. The fraction of sp³-hybridized carbons (Fsp3) is 0.889. The SMILES string of the molecule is CC(C)CN=NCCC(C)C#N. The van der Waals surface area contributed by atoms with Crippen LogP contribution in [0.25, 0.3) is 0 Å². The van der Waals surface area contributed by atoms with Crippen LogP contribution in [0.2, 0.25) is 0 Å². The van der Waals surface area contributed by atoms with Crippen molar-refractivity contribution in [2.75, 3.05) is 13.1 Å². The molecule has 0 saturated carbocycles. The van der Waals surface area contributed by atoms with Crippen LogP contribution >= 0.6 is 0 Å². The molecule has 0 N–H and O–H groups in total. The monoisotopic (exact) mass is 167 g/mol. The van der Waals surface area contributed by atoms with Gasteiger partial charge in [-0.2, -0.15) is 15.5 Å². The fourth-order valence-corrected chi connectivity index (χ4v) is 0.608. The molecule has 0 saturated heterocycles. The van der Waals surface area contributed by atoms with E-state index in [1.165, 1.54) is 0 Å². The van der Waals surface area contributed by atoms with Gasteiger partial charge < -0.3 is 0 Å². The Bertz CT molecular complexity index is 167. The smallest absolute Gasteiger partial charge is 0.0653 e. The fourth-order valence-electron chi connectivity index (χ4n) is 0.608. The lowest BCUT2D eigenvalue weighted by molar-refractivity contribution is 0.610. The Hall–Kier alpha value is -0.910. The van der Waals surface area contributed by atoms with Gasteiger partial charge in [0.05, 0.1) is 19.2 Å². The highest BCUT2D eigenvalue weighted by Gasteiger charge is 1.96. The van der Waals surface area contributed by atoms with Crippen LogP contribution in [0, 0.1) is 23.2 Å². The number of nitrogens with zero attached hydrogens (tertiary/aromatic N) is 3. The summed E-state index contributed by atoms with van der Waals surface area (Å²) < 4.78 is 0. The maximum absolute atomic E-state index is 8.46. The van der Waals surface area contributed by atoms with Gasteiger partial charge in [0.2, 0.25) is 0 Å². The van der Waals surface area contributed by atoms with Gasteiger partial charge in [-0.05, 0) is 19.3 Å². The molecule has 68 valence electrons. The molecule has 1 atom stereocenters. The minimum absolute atomic E-state index is 0.1000. The van der Waals surface area contributed by atoms with Gasteiger partial charge >= 0.3 is 0 Å². The molecule has 0 spiro atoms. The highest BCUT2D eigenvalue weighted by Crippen LogP contribution is 1.99. The molecule has 0 aromatic carbocycles. The summed E-state index contributed by atoms with van der Waals surface area (Å²) in [5, 5.41) is 16.4. The molecule has 1 unspecified atom stereocenters. The molecular weight excluding hydrogens is 150 g/mol. The number of hydrogen-bond acceptors (Lipinski definition) is 3. The summed E-state index contributed by atoms with van der Waals surface area (Å²) >= 11 is 0. The second-order valence-electron chi connectivity index (χ2n) is 3.40. The van der Waals surface area contributed by atoms with E-state index in [1.807, 2.05) is 6.92 Å². The molecule has 0 amide bonds. The third-order valence-electron chi connectivity index (χ3n) is 1.43. The van der Waals surface area contributed by atoms with Crippen LogP contribution in [0.4, 0.5) is 0 Å². The van der Waals surface area contributed by atoms with Crippen molar-refractivity contribution in [3.05, 3.63) is 0 Å². The average molecular weight is 167 g/mol. The average Bonchev–Trinajstić information content (AvgIpc) is 2.03. The minimum atomic E-state index is 0.1000. The van der Waals surface area contributed by atoms with Crippen molar-refractivity contribution < 1.29 is 0 Å². The minimum Gasteiger partial charge on any atom is -0.198 e. The van der Waals surface area contributed by atoms with Gasteiger partial charge in [-0.25, -0.2) is 0 Å². The highest BCUT2D eigenvalue weighted by atomic mass is 15.1. The zero-order valence-corrected chi connectivity index (χ0v) is 8.12. The third-order valence-corrected chi connectivity index (χ3v) is 1.43. The molecule has 12 heavy (non-hydrogen) atoms. The van der Waals surface area contributed by atoms with Crippen molar-refractivity contribution in [1.82, 2.24) is 0 Å². The first-order valence-electron chi connectivity index (χ1n) is 4.39. The molecule has 0 rings (SSSR count). The van der Waals surface area contributed by atoms with Gasteiger partial charge in [0.15, 0.2) is 0 Å². The zero-order valence-electron chi connectivity index (χ0n) is 8.12. The first-order chi connectivity index (χ1) is 5.66. The van der Waals surface area contributed by atoms with Crippen LogP contribution in [0.5, 0.6) is 0 Å². The molecule has 3 heteroatoms. The van der Waals surface area contributed by atoms with Crippen LogP contribution in [0.3, 0.4) is 0 Å². The normalized spacial score (nSPS) is 13.6. The van der Waals surface area contributed by atoms with Crippen molar-refractivity contribution in [3.63, 3.8) is 0 Å². The number of hydrogen-bond donors (Lipinski definition) is 0. The topological polar surface area (TPSA) is 48.5 Å². The molecule has 0 aromatic rings. The van der Waals surface area contributed by atoms with Gasteiger partial charge in [0, 0.05) is 5.92 Å². The van der Waals surface area contributed by atoms with Gasteiger partial charge in [-0.3, -0.25) is 0 Å². The predicted octanol–water partition coefficient (Wildman–Crippen LogP) is 2.64. The highest BCUT2D eigenvalue weighted by molar-refractivity contribution is 4.78. The van der Waals surface area contributed by atoms with Gasteiger partial charge in [-0.15, -0.1) is 0 Å². The Morgan fingerprint density at radius 1 is 1.25 bits per heavy atom. The van der Waals surface area contributed by atoms with E-state index in [-0.39, 0.29) is 5.92 Å². The van der Waals surface area contributed by atoms with Crippen LogP contribution in [-0.4, -0.2) is 13.1 Å². The molecule has 0 bridgehead atoms. The van der Waals surface area contributed by atoms with E-state index in [0.717, 1.165) is 13.0 Å². The molecule has 0 radical (unpaired) electrons. The maximum atomic E-state index is 8.46. The summed E-state index contributed by atoms with van der Waals surface area (Å²) in [7, 11) is 0. The number of azo groups is 1. The molecule has 0 fully saturated rings. The molecule has 0 aromatic heterocycles. The summed E-state index contributed by atoms with van der Waals surface area (Å²) in [4.78, 5) is 0. The second-order valence-corrected chi connectivity index (χ2v) is 3.40. The van der Waals surface area contributed by atoms with Gasteiger partial charge in [0.1, 0.15) is 0 Å². The van der Waals surface area contributed by atoms with Crippen LogP contribution < -0.4 is 0 Å². The van der Waals surface area contributed by atoms with Crippen LogP contribution in [0.15, 0.2) is 10.2 Å². The molecular formula is C9H17N3. The van der Waals surface area contributed by atoms with Gasteiger partial charge in [-0.1, -0.05) is 13.8 Å². The summed E-state index contributed by atoms with van der Waals surface area (Å²) in [5.41, 5.74) is 0. The Morgan fingerprint density at radius 3 is 2.42 bits per heavy atom. The van der Waals surface area contributed by atoms with E-state index < -0.39 is 0 Å². The van der Waals surface area contributed by atoms with E-state index in [9.17, 15) is 0 Å². The molecule has 0 aliphatic carbocycles. The largest absolute Gasteiger partial charge is 0.198 e. The Morgan fingerprint density at radius 2 is 1.92 bits per heavy atom. The molecule has 3 nitrogen and oxygen atoms in total. The van der Waals surface area contributed by atoms with Crippen molar-refractivity contribution in [2.45, 2.75) is 27.2 Å². The van der Waals surface area contributed by atoms with E-state index in [4.69, 9.17) is 5.26 Å². The Balaban J connectivity index is 3.32. The van der Waals surface area contributed by atoms with Gasteiger partial charge in [0.25, 0.3) is 0 Å². The van der Waals surface area contributed by atoms with E-state index in [0.29, 0.717) is 12.5 Å². The lowest BCUT2D eigenvalue weighted by Gasteiger charge is -1.97. The standard InChI is InChI=1S/C9H17N3/c1-8(2)7-12-11-5-4-9(3)6-10/h8-9H,4-5,7H2,1-3H3. The van der Waals surface area contributed by atoms with Crippen molar-refractivity contribution in [3.8, 4) is 6.07 Å². The Labute approximate surface area is 74.5 Å². The van der Waals surface area contributed by atoms with Crippen LogP contribution in [-0.2, 0) is 0 Å². The van der Waals surface area contributed by atoms with Crippen molar-refractivity contribution >= 4 is 0 Å². The number of rotatable bonds is 5. The maximum Gasteiger partial charge on any atom is 0.0653 e.